The lowest BCUT2D eigenvalue weighted by Gasteiger charge is -2.46. The average Bonchev–Trinajstić information content (AvgIpc) is 2.97. The van der Waals surface area contributed by atoms with E-state index in [9.17, 15) is 28.8 Å². The van der Waals surface area contributed by atoms with Gasteiger partial charge in [0.25, 0.3) is 5.91 Å². The molecule has 3 rings (SSSR count). The summed E-state index contributed by atoms with van der Waals surface area (Å²) in [6.45, 7) is 12.3. The summed E-state index contributed by atoms with van der Waals surface area (Å²) < 4.78 is 15.6. The van der Waals surface area contributed by atoms with Gasteiger partial charge in [0.05, 0.1) is 13.5 Å². The molecule has 2 atom stereocenters. The van der Waals surface area contributed by atoms with Gasteiger partial charge in [0.15, 0.2) is 0 Å². The van der Waals surface area contributed by atoms with Crippen LogP contribution in [-0.4, -0.2) is 131 Å². The maximum atomic E-state index is 14.2. The van der Waals surface area contributed by atoms with Crippen LogP contribution in [0.1, 0.15) is 54.9 Å². The quantitative estimate of drug-likeness (QED) is 0.243. The van der Waals surface area contributed by atoms with E-state index in [-0.39, 0.29) is 13.1 Å². The van der Waals surface area contributed by atoms with Gasteiger partial charge in [0.1, 0.15) is 23.8 Å². The fourth-order valence-corrected chi connectivity index (χ4v) is 5.29. The second kappa shape index (κ2) is 14.3. The average molecular weight is 647 g/mol. The third-order valence-corrected chi connectivity index (χ3v) is 7.45. The summed E-state index contributed by atoms with van der Waals surface area (Å²) in [5.74, 6) is -3.85. The number of nitrogens with one attached hydrogen (secondary N) is 1. The van der Waals surface area contributed by atoms with Crippen LogP contribution in [0.4, 0.5) is 10.5 Å². The number of aromatic nitrogens is 1. The van der Waals surface area contributed by atoms with E-state index in [1.54, 1.807) is 58.8 Å². The third kappa shape index (κ3) is 9.07. The highest BCUT2D eigenvalue weighted by Crippen LogP contribution is 2.27. The summed E-state index contributed by atoms with van der Waals surface area (Å²) in [5.41, 5.74) is -2.93. The van der Waals surface area contributed by atoms with Crippen LogP contribution in [-0.2, 0) is 38.2 Å². The molecular weight excluding hydrogens is 600 g/mol. The van der Waals surface area contributed by atoms with Crippen LogP contribution in [0.5, 0.6) is 0 Å². The fraction of sp³-hybridized carbons (Fsp3) is 0.645. The molecule has 0 saturated carbocycles. The monoisotopic (exact) mass is 646 g/mol. The van der Waals surface area contributed by atoms with Crippen molar-refractivity contribution in [3.05, 3.63) is 24.5 Å². The Bertz CT molecular complexity index is 1300. The molecule has 254 valence electrons. The summed E-state index contributed by atoms with van der Waals surface area (Å²) in [7, 11) is 1.07. The first kappa shape index (κ1) is 36.0. The molecule has 2 unspecified atom stereocenters. The lowest BCUT2D eigenvalue weighted by molar-refractivity contribution is -0.179. The molecule has 15 nitrogen and oxygen atoms in total. The van der Waals surface area contributed by atoms with Crippen molar-refractivity contribution in [2.45, 2.75) is 77.7 Å². The van der Waals surface area contributed by atoms with E-state index in [0.29, 0.717) is 26.2 Å². The molecule has 0 spiro atoms. The largest absolute Gasteiger partial charge is 0.467 e. The van der Waals surface area contributed by atoms with Crippen molar-refractivity contribution in [1.29, 1.82) is 0 Å². The molecule has 1 N–H and O–H groups in total. The summed E-state index contributed by atoms with van der Waals surface area (Å²) in [6.07, 6.45) is 1.98. The standard InChI is InChI=1S/C31H46N6O9/c1-29(2,3)45-24(39)20-36-17-18-37(31(7,26(36)41)27(42)44-8)25(40)22(33-28(43)46-30(4,5)6)19-23(38)35-15-13-34(14-16-35)21-9-11-32-12-10-21/h9-12,22H,13-20H2,1-8H3,(H,33,43). The Labute approximate surface area is 269 Å². The van der Waals surface area contributed by atoms with Gasteiger partial charge in [0.2, 0.25) is 17.4 Å². The molecule has 46 heavy (non-hydrogen) atoms. The number of carbonyl (C=O) groups excluding carboxylic acids is 6. The van der Waals surface area contributed by atoms with Crippen LogP contribution < -0.4 is 10.2 Å². The van der Waals surface area contributed by atoms with Crippen LogP contribution in [0.3, 0.4) is 0 Å². The van der Waals surface area contributed by atoms with E-state index in [1.807, 2.05) is 12.1 Å². The molecule has 1 aromatic heterocycles. The molecule has 1 aromatic rings. The SMILES string of the molecule is COC(=O)C1(C)C(=O)N(CC(=O)OC(C)(C)C)CCN1C(=O)C(CC(=O)N1CCN(c2ccncc2)CC1)NC(=O)OC(C)(C)C. The Hall–Kier alpha value is -4.43. The molecule has 3 heterocycles. The number of piperazine rings is 2. The number of methoxy groups -OCH3 is 1. The minimum atomic E-state index is -2.20. The first-order valence-electron chi connectivity index (χ1n) is 15.2. The molecule has 2 aliphatic rings. The molecule has 15 heteroatoms. The zero-order valence-corrected chi connectivity index (χ0v) is 28.0. The van der Waals surface area contributed by atoms with E-state index in [0.717, 1.165) is 22.6 Å². The van der Waals surface area contributed by atoms with Crippen molar-refractivity contribution >= 4 is 41.4 Å². The molecule has 2 aliphatic heterocycles. The predicted molar refractivity (Wildman–Crippen MR) is 165 cm³/mol. The summed E-state index contributed by atoms with van der Waals surface area (Å²) in [5, 5.41) is 2.49. The second-order valence-corrected chi connectivity index (χ2v) is 13.3. The van der Waals surface area contributed by atoms with E-state index in [2.05, 4.69) is 15.2 Å². The number of carbonyl (C=O) groups is 6. The molecule has 4 amide bonds. The number of nitrogens with zero attached hydrogens (tertiary/aromatic N) is 5. The summed E-state index contributed by atoms with van der Waals surface area (Å²) >= 11 is 0. The van der Waals surface area contributed by atoms with Gasteiger partial charge < -0.3 is 39.1 Å². The Morgan fingerprint density at radius 2 is 1.50 bits per heavy atom. The lowest BCUT2D eigenvalue weighted by atomic mass is 9.93. The fourth-order valence-electron chi connectivity index (χ4n) is 5.29. The van der Waals surface area contributed by atoms with Crippen LogP contribution in [0, 0.1) is 0 Å². The highest BCUT2D eigenvalue weighted by atomic mass is 16.6. The van der Waals surface area contributed by atoms with Crippen molar-refractivity contribution in [2.75, 3.05) is 57.8 Å². The Balaban J connectivity index is 1.83. The number of anilines is 1. The molecule has 2 fully saturated rings. The van der Waals surface area contributed by atoms with Gasteiger partial charge in [-0.3, -0.25) is 24.2 Å². The Morgan fingerprint density at radius 1 is 0.913 bits per heavy atom. The highest BCUT2D eigenvalue weighted by Gasteiger charge is 2.56. The van der Waals surface area contributed by atoms with E-state index in [1.165, 1.54) is 6.92 Å². The smallest absolute Gasteiger partial charge is 0.408 e. The maximum Gasteiger partial charge on any atom is 0.408 e. The molecule has 0 radical (unpaired) electrons. The predicted octanol–water partition coefficient (Wildman–Crippen LogP) is 0.958. The molecular formula is C31H46N6O9. The molecule has 0 bridgehead atoms. The van der Waals surface area contributed by atoms with E-state index >= 15 is 0 Å². The van der Waals surface area contributed by atoms with Crippen molar-refractivity contribution < 1.29 is 43.0 Å². The van der Waals surface area contributed by atoms with Gasteiger partial charge in [-0.25, -0.2) is 9.59 Å². The van der Waals surface area contributed by atoms with E-state index in [4.69, 9.17) is 14.2 Å². The summed E-state index contributed by atoms with van der Waals surface area (Å²) in [4.78, 5) is 89.8. The number of hydrogen-bond acceptors (Lipinski definition) is 11. The molecule has 0 aliphatic carbocycles. The normalized spacial score (nSPS) is 19.7. The number of amides is 4. The lowest BCUT2D eigenvalue weighted by Crippen LogP contribution is -2.72. The number of rotatable bonds is 8. The van der Waals surface area contributed by atoms with Crippen molar-refractivity contribution in [3.63, 3.8) is 0 Å². The number of ether oxygens (including phenoxy) is 3. The van der Waals surface area contributed by atoms with Crippen LogP contribution in [0.2, 0.25) is 0 Å². The first-order valence-corrected chi connectivity index (χ1v) is 15.2. The zero-order valence-electron chi connectivity index (χ0n) is 28.0. The second-order valence-electron chi connectivity index (χ2n) is 13.3. The van der Waals surface area contributed by atoms with Gasteiger partial charge in [-0.1, -0.05) is 0 Å². The van der Waals surface area contributed by atoms with Crippen molar-refractivity contribution in [3.8, 4) is 0 Å². The molecule has 2 saturated heterocycles. The van der Waals surface area contributed by atoms with Crippen molar-refractivity contribution in [2.24, 2.45) is 0 Å². The van der Waals surface area contributed by atoms with Gasteiger partial charge in [0, 0.05) is 57.3 Å². The number of pyridine rings is 1. The van der Waals surface area contributed by atoms with Crippen molar-refractivity contribution in [1.82, 2.24) is 25.0 Å². The first-order chi connectivity index (χ1) is 21.4. The van der Waals surface area contributed by atoms with E-state index < -0.39 is 71.5 Å². The Kier molecular flexibility index (Phi) is 11.2. The van der Waals surface area contributed by atoms with Crippen LogP contribution in [0.15, 0.2) is 24.5 Å². The Morgan fingerprint density at radius 3 is 2.04 bits per heavy atom. The zero-order chi connectivity index (χ0) is 34.4. The number of hydrogen-bond donors (Lipinski definition) is 1. The topological polar surface area (TPSA) is 168 Å². The minimum absolute atomic E-state index is 0.111. The van der Waals surface area contributed by atoms with Crippen LogP contribution in [0.25, 0.3) is 0 Å². The summed E-state index contributed by atoms with van der Waals surface area (Å²) in [6, 6.07) is 2.28. The van der Waals surface area contributed by atoms with Gasteiger partial charge in [-0.05, 0) is 60.6 Å². The van der Waals surface area contributed by atoms with Gasteiger partial charge >= 0.3 is 18.0 Å². The van der Waals surface area contributed by atoms with Gasteiger partial charge in [-0.15, -0.1) is 0 Å². The minimum Gasteiger partial charge on any atom is -0.467 e. The van der Waals surface area contributed by atoms with Crippen LogP contribution >= 0.6 is 0 Å². The number of esters is 2. The number of alkyl carbamates (subject to hydrolysis) is 1. The molecule has 0 aromatic carbocycles. The third-order valence-electron chi connectivity index (χ3n) is 7.45. The maximum absolute atomic E-state index is 14.2. The van der Waals surface area contributed by atoms with Gasteiger partial charge in [-0.2, -0.15) is 0 Å². The highest BCUT2D eigenvalue weighted by molar-refractivity contribution is 6.11.